The molecular formula is C37H54MgN4O15. The van der Waals surface area contributed by atoms with Gasteiger partial charge in [0.25, 0.3) is 11.7 Å². The summed E-state index contributed by atoms with van der Waals surface area (Å²) in [5.74, 6) is -2.38. The summed E-state index contributed by atoms with van der Waals surface area (Å²) in [6.45, 7) is 19.0. The fraction of sp³-hybridized carbons (Fsp3) is 0.649. The molecule has 4 aliphatic rings. The van der Waals surface area contributed by atoms with Gasteiger partial charge in [-0.3, -0.25) is 19.2 Å². The summed E-state index contributed by atoms with van der Waals surface area (Å²) in [6.07, 6.45) is 4.56. The average molecular weight is 819 g/mol. The maximum atomic E-state index is 12.5. The minimum Gasteiger partial charge on any atom is -0.850 e. The van der Waals surface area contributed by atoms with Gasteiger partial charge in [0, 0.05) is 30.1 Å². The van der Waals surface area contributed by atoms with Crippen LogP contribution in [0.1, 0.15) is 103 Å². The molecule has 1 aromatic rings. The molecular weight excluding hydrogens is 765 g/mol. The van der Waals surface area contributed by atoms with E-state index < -0.39 is 23.0 Å². The molecule has 5 heterocycles. The van der Waals surface area contributed by atoms with E-state index in [0.29, 0.717) is 26.3 Å². The zero-order valence-electron chi connectivity index (χ0n) is 34.6. The predicted octanol–water partition coefficient (Wildman–Crippen LogP) is -0.359. The van der Waals surface area contributed by atoms with Crippen molar-refractivity contribution in [3.63, 3.8) is 0 Å². The van der Waals surface area contributed by atoms with Gasteiger partial charge in [0.2, 0.25) is 5.91 Å². The molecule has 1 aromatic heterocycles. The van der Waals surface area contributed by atoms with E-state index in [1.807, 2.05) is 13.8 Å². The van der Waals surface area contributed by atoms with Crippen molar-refractivity contribution in [2.24, 2.45) is 0 Å². The van der Waals surface area contributed by atoms with Gasteiger partial charge in [0.05, 0.1) is 45.5 Å². The molecule has 57 heavy (non-hydrogen) atoms. The molecule has 0 bridgehead atoms. The van der Waals surface area contributed by atoms with Gasteiger partial charge in [0.15, 0.2) is 23.5 Å². The van der Waals surface area contributed by atoms with Crippen LogP contribution >= 0.6 is 0 Å². The van der Waals surface area contributed by atoms with E-state index in [0.717, 1.165) is 20.0 Å². The summed E-state index contributed by atoms with van der Waals surface area (Å²) in [7, 11) is 1.16. The van der Waals surface area contributed by atoms with Crippen LogP contribution in [0.15, 0.2) is 18.0 Å². The van der Waals surface area contributed by atoms with Crippen LogP contribution in [-0.2, 0) is 54.3 Å². The number of aromatic nitrogens is 1. The monoisotopic (exact) mass is 818 g/mol. The summed E-state index contributed by atoms with van der Waals surface area (Å²) in [6, 6.07) is 0.246. The van der Waals surface area contributed by atoms with Crippen molar-refractivity contribution >= 4 is 64.7 Å². The van der Waals surface area contributed by atoms with E-state index in [1.54, 1.807) is 60.8 Å². The summed E-state index contributed by atoms with van der Waals surface area (Å²) in [4.78, 5) is 96.6. The van der Waals surface area contributed by atoms with Crippen molar-refractivity contribution in [2.75, 3.05) is 33.4 Å². The van der Waals surface area contributed by atoms with E-state index in [2.05, 4.69) is 4.74 Å². The molecule has 4 aliphatic heterocycles. The topological polar surface area (TPSA) is 262 Å². The third kappa shape index (κ3) is 19.2. The van der Waals surface area contributed by atoms with Crippen LogP contribution in [-0.4, -0.2) is 158 Å². The largest absolute Gasteiger partial charge is 2.00 e. The predicted molar refractivity (Wildman–Crippen MR) is 194 cm³/mol. The SMILES string of the molecule is CC(=O)c1cn2c(c1O)C(=O)N1[C@H](C)CCO[C@H]1C2.CC(C)(C)[O-].CC(C)(C)[O-].COC(=O)C(=O)C(C)=CN1CC(=O)N2[C@H](C)CCO[C@H]2C1.O=C=O.O=C=O.[Mg+2]. The first-order valence-electron chi connectivity index (χ1n) is 17.5. The van der Waals surface area contributed by atoms with Gasteiger partial charge in [-0.05, 0) is 40.5 Å². The van der Waals surface area contributed by atoms with Crippen molar-refractivity contribution < 1.29 is 72.7 Å². The number of esters is 1. The molecule has 0 aliphatic carbocycles. The number of amides is 2. The second kappa shape index (κ2) is 25.2. The van der Waals surface area contributed by atoms with Crippen molar-refractivity contribution in [3.05, 3.63) is 29.2 Å². The Morgan fingerprint density at radius 1 is 0.860 bits per heavy atom. The van der Waals surface area contributed by atoms with Crippen LogP contribution < -0.4 is 10.2 Å². The van der Waals surface area contributed by atoms with Crippen molar-refractivity contribution in [1.82, 2.24) is 19.3 Å². The molecule has 0 radical (unpaired) electrons. The number of piperazine rings is 1. The van der Waals surface area contributed by atoms with Crippen LogP contribution in [0.25, 0.3) is 0 Å². The molecule has 3 fully saturated rings. The number of nitrogens with zero attached hydrogens (tertiary/aromatic N) is 4. The first-order chi connectivity index (χ1) is 25.8. The zero-order chi connectivity index (χ0) is 43.7. The maximum absolute atomic E-state index is 12.5. The van der Waals surface area contributed by atoms with Gasteiger partial charge in [-0.15, -0.1) is 11.2 Å². The number of carbonyl (C=O) groups is 5. The van der Waals surface area contributed by atoms with E-state index in [1.165, 1.54) is 26.2 Å². The maximum Gasteiger partial charge on any atom is 2.00 e. The number of methoxy groups -OCH3 is 1. The number of ether oxygens (including phenoxy) is 3. The van der Waals surface area contributed by atoms with Gasteiger partial charge < -0.3 is 48.8 Å². The van der Waals surface area contributed by atoms with Crippen molar-refractivity contribution in [1.29, 1.82) is 0 Å². The fourth-order valence-electron chi connectivity index (χ4n) is 5.44. The Hall–Kier alpha value is -4.26. The van der Waals surface area contributed by atoms with Crippen LogP contribution in [0.5, 0.6) is 5.75 Å². The van der Waals surface area contributed by atoms with Gasteiger partial charge >= 0.3 is 41.3 Å². The van der Waals surface area contributed by atoms with Crippen LogP contribution in [0.2, 0.25) is 0 Å². The molecule has 4 atom stereocenters. The number of ketones is 2. The molecule has 2 amide bonds. The Kier molecular flexibility index (Phi) is 24.2. The Labute approximate surface area is 348 Å². The fourth-order valence-corrected chi connectivity index (χ4v) is 5.44. The summed E-state index contributed by atoms with van der Waals surface area (Å²) < 4.78 is 17.2. The summed E-state index contributed by atoms with van der Waals surface area (Å²) in [5.41, 5.74) is -0.874. The second-order valence-corrected chi connectivity index (χ2v) is 14.8. The van der Waals surface area contributed by atoms with E-state index in [4.69, 9.17) is 28.7 Å². The molecule has 0 spiro atoms. The number of hydrogen-bond acceptors (Lipinski definition) is 16. The molecule has 314 valence electrons. The zero-order valence-corrected chi connectivity index (χ0v) is 36.0. The van der Waals surface area contributed by atoms with E-state index >= 15 is 0 Å². The molecule has 1 N–H and O–H groups in total. The number of hydrogen-bond donors (Lipinski definition) is 1. The number of Topliss-reactive ketones (excluding diaryl/α,β-unsaturated/α-hetero) is 2. The quantitative estimate of drug-likeness (QED) is 0.134. The smallest absolute Gasteiger partial charge is 0.850 e. The number of aromatic hydroxyl groups is 1. The third-order valence-electron chi connectivity index (χ3n) is 7.61. The Morgan fingerprint density at radius 3 is 1.70 bits per heavy atom. The number of fused-ring (bicyclic) bond motifs is 3. The standard InChI is InChI=1S/C14H20N2O5.C13H16N2O4.2C4H9O.2CO2.Mg/c1-9(13(18)14(19)20-3)6-15-7-11(17)16-10(2)4-5-21-12(16)8-15;1-7-3-4-19-10-6-14-5-9(8(2)16)12(17)11(14)13(18)15(7)10;2*1-4(2,3)5;2*2-1-3;/h6,10,12H,4-5,7-8H2,1-3H3;5,7,10,17H,3-4,6H2,1-2H3;2*1-3H3;;;/q;;2*-1;;;+2/t10-,12+;7-,10+;;;;;/m11...../s1. The summed E-state index contributed by atoms with van der Waals surface area (Å²) >= 11 is 0. The summed E-state index contributed by atoms with van der Waals surface area (Å²) in [5, 5.41) is 30.3. The first-order valence-corrected chi connectivity index (χ1v) is 17.5. The average Bonchev–Trinajstić information content (AvgIpc) is 3.40. The molecule has 3 saturated heterocycles. The molecule has 19 nitrogen and oxygen atoms in total. The second-order valence-electron chi connectivity index (χ2n) is 14.8. The number of carbonyl (C=O) groups excluding carboxylic acids is 9. The molecule has 0 saturated carbocycles. The van der Waals surface area contributed by atoms with Crippen molar-refractivity contribution in [2.45, 2.75) is 124 Å². The minimum absolute atomic E-state index is 0. The minimum atomic E-state index is -0.906. The van der Waals surface area contributed by atoms with Crippen molar-refractivity contribution in [3.8, 4) is 5.75 Å². The third-order valence-corrected chi connectivity index (χ3v) is 7.61. The van der Waals surface area contributed by atoms with Gasteiger partial charge in [-0.1, -0.05) is 41.5 Å². The van der Waals surface area contributed by atoms with Crippen LogP contribution in [0.3, 0.4) is 0 Å². The van der Waals surface area contributed by atoms with Crippen LogP contribution in [0.4, 0.5) is 0 Å². The van der Waals surface area contributed by atoms with Gasteiger partial charge in [-0.2, -0.15) is 19.2 Å². The van der Waals surface area contributed by atoms with Gasteiger partial charge in [0.1, 0.15) is 6.23 Å². The normalized spacial score (nSPS) is 20.8. The van der Waals surface area contributed by atoms with Gasteiger partial charge in [-0.25, -0.2) is 4.79 Å². The molecule has 0 unspecified atom stereocenters. The Morgan fingerprint density at radius 2 is 1.28 bits per heavy atom. The Balaban J connectivity index is 0. The molecule has 20 heteroatoms. The molecule has 5 rings (SSSR count). The van der Waals surface area contributed by atoms with Crippen LogP contribution in [0, 0.1) is 0 Å². The molecule has 0 aromatic carbocycles. The van der Waals surface area contributed by atoms with E-state index in [9.17, 15) is 39.3 Å². The number of rotatable bonds is 4. The first kappa shape index (κ1) is 54.8. The van der Waals surface area contributed by atoms with E-state index in [-0.39, 0.29) is 107 Å². The Bertz CT molecular complexity index is 1580.